The maximum atomic E-state index is 13.6. The number of hydrogen-bond donors (Lipinski definition) is 1. The van der Waals surface area contributed by atoms with Gasteiger partial charge in [0.05, 0.1) is 5.56 Å². The monoisotopic (exact) mass is 416 g/mol. The van der Waals surface area contributed by atoms with Gasteiger partial charge in [-0.25, -0.2) is 4.39 Å². The molecule has 4 rings (SSSR count). The lowest BCUT2D eigenvalue weighted by molar-refractivity contribution is -0.684. The minimum atomic E-state index is -0.446. The third kappa shape index (κ3) is 4.13. The Labute approximate surface area is 172 Å². The fourth-order valence-electron chi connectivity index (χ4n) is 3.38. The van der Waals surface area contributed by atoms with Crippen LogP contribution >= 0.6 is 11.3 Å². The number of carbonyl (C=O) groups excluding carboxylic acids is 2. The normalized spacial score (nSPS) is 12.2. The van der Waals surface area contributed by atoms with Crippen LogP contribution in [-0.4, -0.2) is 11.7 Å². The van der Waals surface area contributed by atoms with Gasteiger partial charge in [0.25, 0.3) is 5.91 Å². The number of rotatable bonds is 5. The van der Waals surface area contributed by atoms with Crippen molar-refractivity contribution in [2.24, 2.45) is 0 Å². The molecule has 0 unspecified atom stereocenters. The lowest BCUT2D eigenvalue weighted by Gasteiger charge is -2.07. The summed E-state index contributed by atoms with van der Waals surface area (Å²) in [6.07, 6.45) is 6.34. The molecule has 0 saturated heterocycles. The molecule has 2 heterocycles. The lowest BCUT2D eigenvalue weighted by atomic mass is 10.00. The molecule has 0 radical (unpaired) electrons. The van der Waals surface area contributed by atoms with Crippen LogP contribution in [0.4, 0.5) is 9.39 Å². The van der Waals surface area contributed by atoms with E-state index in [0.29, 0.717) is 16.1 Å². The van der Waals surface area contributed by atoms with E-state index in [2.05, 4.69) is 5.32 Å². The first-order chi connectivity index (χ1) is 13.1. The van der Waals surface area contributed by atoms with Crippen LogP contribution in [0.3, 0.4) is 0 Å². The van der Waals surface area contributed by atoms with E-state index in [1.807, 2.05) is 30.6 Å². The van der Waals surface area contributed by atoms with Crippen molar-refractivity contribution in [2.75, 3.05) is 5.32 Å². The van der Waals surface area contributed by atoms with Crippen molar-refractivity contribution in [2.45, 2.75) is 25.8 Å². The van der Waals surface area contributed by atoms with Crippen molar-refractivity contribution in [3.63, 3.8) is 0 Å². The molecule has 0 saturated carbocycles. The summed E-state index contributed by atoms with van der Waals surface area (Å²) in [5, 5.41) is 3.46. The minimum absolute atomic E-state index is 0. The maximum Gasteiger partial charge on any atom is 0.290 e. The highest BCUT2D eigenvalue weighted by molar-refractivity contribution is 7.17. The Hall–Kier alpha value is -2.57. The Morgan fingerprint density at radius 1 is 1.11 bits per heavy atom. The number of pyridine rings is 1. The predicted molar refractivity (Wildman–Crippen MR) is 101 cm³/mol. The third-order valence-electron chi connectivity index (χ3n) is 4.59. The fourth-order valence-corrected chi connectivity index (χ4v) is 4.68. The summed E-state index contributed by atoms with van der Waals surface area (Å²) in [6.45, 7) is 0.164. The SMILES string of the molecule is O=C(C[n+]1ccccc1)Nc1sc2c(c1C(=O)c1cccc(F)c1)CCC2.[Cl-]. The van der Waals surface area contributed by atoms with Crippen molar-refractivity contribution in [1.29, 1.82) is 0 Å². The van der Waals surface area contributed by atoms with E-state index >= 15 is 0 Å². The molecule has 1 aromatic carbocycles. The molecular weight excluding hydrogens is 399 g/mol. The molecule has 144 valence electrons. The van der Waals surface area contributed by atoms with Crippen molar-refractivity contribution in [3.05, 3.63) is 82.2 Å². The molecule has 0 bridgehead atoms. The number of thiophene rings is 1. The van der Waals surface area contributed by atoms with Gasteiger partial charge in [-0.05, 0) is 37.0 Å². The molecule has 7 heteroatoms. The van der Waals surface area contributed by atoms with Gasteiger partial charge >= 0.3 is 0 Å². The molecular formula is C21H18ClFN2O2S. The number of ketones is 1. The molecule has 0 atom stereocenters. The Balaban J connectivity index is 0.00000225. The largest absolute Gasteiger partial charge is 1.00 e. The molecule has 4 nitrogen and oxygen atoms in total. The first kappa shape index (κ1) is 20.2. The topological polar surface area (TPSA) is 50.0 Å². The molecule has 0 spiro atoms. The van der Waals surface area contributed by atoms with E-state index in [9.17, 15) is 14.0 Å². The van der Waals surface area contributed by atoms with E-state index in [4.69, 9.17) is 0 Å². The van der Waals surface area contributed by atoms with E-state index in [1.54, 1.807) is 10.6 Å². The van der Waals surface area contributed by atoms with Crippen LogP contribution in [0.5, 0.6) is 0 Å². The summed E-state index contributed by atoms with van der Waals surface area (Å²) >= 11 is 1.46. The van der Waals surface area contributed by atoms with Crippen LogP contribution in [0.1, 0.15) is 32.8 Å². The second kappa shape index (κ2) is 8.63. The van der Waals surface area contributed by atoms with Gasteiger partial charge in [0.1, 0.15) is 10.8 Å². The van der Waals surface area contributed by atoms with E-state index in [1.165, 1.54) is 29.5 Å². The average Bonchev–Trinajstić information content (AvgIpc) is 3.22. The quantitative estimate of drug-likeness (QED) is 0.487. The van der Waals surface area contributed by atoms with Gasteiger partial charge in [-0.2, -0.15) is 4.57 Å². The standard InChI is InChI=1S/C21H17FN2O2S.ClH/c22-15-7-4-6-14(12-15)20(26)19-16-8-5-9-17(16)27-21(19)23-18(25)13-24-10-2-1-3-11-24;/h1-4,6-7,10-12H,5,8-9,13H2;1H. The molecule has 1 amide bonds. The summed E-state index contributed by atoms with van der Waals surface area (Å²) in [6, 6.07) is 11.3. The van der Waals surface area contributed by atoms with Gasteiger partial charge in [0.2, 0.25) is 6.54 Å². The number of aryl methyl sites for hydroxylation is 1. The smallest absolute Gasteiger partial charge is 0.290 e. The van der Waals surface area contributed by atoms with E-state index in [-0.39, 0.29) is 30.6 Å². The van der Waals surface area contributed by atoms with Crippen LogP contribution in [-0.2, 0) is 24.2 Å². The van der Waals surface area contributed by atoms with Gasteiger partial charge in [-0.15, -0.1) is 11.3 Å². The minimum Gasteiger partial charge on any atom is -1.00 e. The predicted octanol–water partition coefficient (Wildman–Crippen LogP) is 0.537. The first-order valence-electron chi connectivity index (χ1n) is 8.80. The van der Waals surface area contributed by atoms with Crippen molar-refractivity contribution in [3.8, 4) is 0 Å². The summed E-state index contributed by atoms with van der Waals surface area (Å²) in [7, 11) is 0. The average molecular weight is 417 g/mol. The number of anilines is 1. The Morgan fingerprint density at radius 2 is 1.89 bits per heavy atom. The summed E-state index contributed by atoms with van der Waals surface area (Å²) in [4.78, 5) is 26.7. The zero-order chi connectivity index (χ0) is 18.8. The van der Waals surface area contributed by atoms with Gasteiger partial charge in [0, 0.05) is 22.6 Å². The van der Waals surface area contributed by atoms with Gasteiger partial charge in [0.15, 0.2) is 18.2 Å². The van der Waals surface area contributed by atoms with Crippen LogP contribution in [0.2, 0.25) is 0 Å². The van der Waals surface area contributed by atoms with Crippen molar-refractivity contribution >= 4 is 28.0 Å². The maximum absolute atomic E-state index is 13.6. The highest BCUT2D eigenvalue weighted by Gasteiger charge is 2.28. The van der Waals surface area contributed by atoms with Crippen molar-refractivity contribution < 1.29 is 31.0 Å². The van der Waals surface area contributed by atoms with Crippen LogP contribution in [0, 0.1) is 5.82 Å². The molecule has 3 aromatic rings. The second-order valence-electron chi connectivity index (χ2n) is 6.50. The number of hydrogen-bond acceptors (Lipinski definition) is 3. The summed E-state index contributed by atoms with van der Waals surface area (Å²) in [5.74, 6) is -0.880. The highest BCUT2D eigenvalue weighted by atomic mass is 35.5. The number of nitrogens with zero attached hydrogens (tertiary/aromatic N) is 1. The van der Waals surface area contributed by atoms with Crippen molar-refractivity contribution in [1.82, 2.24) is 0 Å². The van der Waals surface area contributed by atoms with Crippen LogP contribution < -0.4 is 22.3 Å². The van der Waals surface area contributed by atoms with Gasteiger partial charge in [-0.3, -0.25) is 9.59 Å². The number of carbonyl (C=O) groups is 2. The molecule has 1 aliphatic carbocycles. The Bertz CT molecular complexity index is 1020. The summed E-state index contributed by atoms with van der Waals surface area (Å²) in [5.41, 5.74) is 1.82. The molecule has 1 aliphatic rings. The third-order valence-corrected chi connectivity index (χ3v) is 5.80. The molecule has 28 heavy (non-hydrogen) atoms. The van der Waals surface area contributed by atoms with E-state index in [0.717, 1.165) is 29.7 Å². The highest BCUT2D eigenvalue weighted by Crippen LogP contribution is 2.40. The second-order valence-corrected chi connectivity index (χ2v) is 7.60. The fraction of sp³-hybridized carbons (Fsp3) is 0.190. The molecule has 1 N–H and O–H groups in total. The number of halogens is 2. The van der Waals surface area contributed by atoms with Crippen LogP contribution in [0.25, 0.3) is 0 Å². The number of fused-ring (bicyclic) bond motifs is 1. The van der Waals surface area contributed by atoms with E-state index < -0.39 is 5.82 Å². The lowest BCUT2D eigenvalue weighted by Crippen LogP contribution is -3.00. The van der Waals surface area contributed by atoms with Gasteiger partial charge < -0.3 is 17.7 Å². The molecule has 2 aromatic heterocycles. The molecule has 0 aliphatic heterocycles. The first-order valence-corrected chi connectivity index (χ1v) is 9.62. The van der Waals surface area contributed by atoms with Gasteiger partial charge in [-0.1, -0.05) is 18.2 Å². The number of nitrogens with one attached hydrogen (secondary N) is 1. The summed E-state index contributed by atoms with van der Waals surface area (Å²) < 4.78 is 15.3. The zero-order valence-corrected chi connectivity index (χ0v) is 16.5. The molecule has 0 fully saturated rings. The van der Waals surface area contributed by atoms with Crippen LogP contribution in [0.15, 0.2) is 54.9 Å². The number of benzene rings is 1. The number of amides is 1. The Morgan fingerprint density at radius 3 is 2.64 bits per heavy atom. The zero-order valence-electron chi connectivity index (χ0n) is 15.0. The Kier molecular flexibility index (Phi) is 6.21. The number of aromatic nitrogens is 1.